The van der Waals surface area contributed by atoms with Crippen LogP contribution in [0.15, 0.2) is 34.9 Å². The Bertz CT molecular complexity index is 601. The lowest BCUT2D eigenvalue weighted by Gasteiger charge is -2.17. The number of benzene rings is 1. The Kier molecular flexibility index (Phi) is 4.50. The number of carbonyl (C=O) groups is 1. The van der Waals surface area contributed by atoms with Crippen LogP contribution in [-0.4, -0.2) is 24.6 Å². The van der Waals surface area contributed by atoms with Crippen molar-refractivity contribution in [2.45, 2.75) is 13.0 Å². The Morgan fingerprint density at radius 3 is 2.95 bits per heavy atom. The van der Waals surface area contributed by atoms with E-state index < -0.39 is 6.04 Å². The predicted octanol–water partition coefficient (Wildman–Crippen LogP) is 2.82. The summed E-state index contributed by atoms with van der Waals surface area (Å²) in [7, 11) is 1.73. The first-order valence-electron chi connectivity index (χ1n) is 6.06. The zero-order chi connectivity index (χ0) is 13.8. The van der Waals surface area contributed by atoms with Crippen LogP contribution in [0.2, 0.25) is 0 Å². The molecule has 0 aliphatic heterocycles. The van der Waals surface area contributed by atoms with Gasteiger partial charge in [-0.3, -0.25) is 4.98 Å². The van der Waals surface area contributed by atoms with Gasteiger partial charge in [-0.15, -0.1) is 0 Å². The van der Waals surface area contributed by atoms with Gasteiger partial charge in [-0.25, -0.2) is 4.79 Å². The summed E-state index contributed by atoms with van der Waals surface area (Å²) in [6.45, 7) is 2.15. The molecular weight excluding hydrogens is 308 g/mol. The standard InChI is InChI=1S/C14H15BrN2O2/c1-3-19-14(18)13(16-2)10-6-7-11(15)9-5-4-8-17-12(9)10/h4-8,13,16H,3H2,1-2H3. The second kappa shape index (κ2) is 6.12. The second-order valence-electron chi connectivity index (χ2n) is 4.01. The van der Waals surface area contributed by atoms with Crippen molar-refractivity contribution in [2.24, 2.45) is 0 Å². The van der Waals surface area contributed by atoms with Gasteiger partial charge in [-0.05, 0) is 26.1 Å². The summed E-state index contributed by atoms with van der Waals surface area (Å²) < 4.78 is 6.04. The molecule has 100 valence electrons. The van der Waals surface area contributed by atoms with E-state index in [4.69, 9.17) is 4.74 Å². The molecule has 2 rings (SSSR count). The van der Waals surface area contributed by atoms with E-state index in [1.54, 1.807) is 20.2 Å². The third-order valence-electron chi connectivity index (χ3n) is 2.87. The SMILES string of the molecule is CCOC(=O)C(NC)c1ccc(Br)c2cccnc12. The first-order chi connectivity index (χ1) is 9.19. The van der Waals surface area contributed by atoms with Crippen LogP contribution in [0, 0.1) is 0 Å². The average molecular weight is 323 g/mol. The smallest absolute Gasteiger partial charge is 0.327 e. The number of hydrogen-bond acceptors (Lipinski definition) is 4. The second-order valence-corrected chi connectivity index (χ2v) is 4.86. The molecule has 0 fully saturated rings. The largest absolute Gasteiger partial charge is 0.465 e. The molecule has 0 radical (unpaired) electrons. The molecule has 2 aromatic rings. The molecule has 1 aromatic carbocycles. The normalized spacial score (nSPS) is 12.4. The molecule has 5 heteroatoms. The summed E-state index contributed by atoms with van der Waals surface area (Å²) >= 11 is 3.49. The number of halogens is 1. The van der Waals surface area contributed by atoms with Gasteiger partial charge in [0.15, 0.2) is 0 Å². The Hall–Kier alpha value is -1.46. The molecule has 0 bridgehead atoms. The maximum absolute atomic E-state index is 12.0. The molecule has 19 heavy (non-hydrogen) atoms. The monoisotopic (exact) mass is 322 g/mol. The van der Waals surface area contributed by atoms with Gasteiger partial charge in [-0.1, -0.05) is 28.1 Å². The molecule has 1 N–H and O–H groups in total. The molecule has 0 saturated carbocycles. The number of carbonyl (C=O) groups excluding carboxylic acids is 1. The third kappa shape index (κ3) is 2.77. The molecule has 1 atom stereocenters. The molecule has 0 amide bonds. The van der Waals surface area contributed by atoms with Crippen LogP contribution >= 0.6 is 15.9 Å². The fourth-order valence-corrected chi connectivity index (χ4v) is 2.47. The summed E-state index contributed by atoms with van der Waals surface area (Å²) in [4.78, 5) is 16.4. The van der Waals surface area contributed by atoms with E-state index in [0.29, 0.717) is 6.61 Å². The van der Waals surface area contributed by atoms with E-state index in [2.05, 4.69) is 26.2 Å². The van der Waals surface area contributed by atoms with E-state index in [-0.39, 0.29) is 5.97 Å². The summed E-state index contributed by atoms with van der Waals surface area (Å²) in [5, 5.41) is 3.96. The number of fused-ring (bicyclic) bond motifs is 1. The number of ether oxygens (including phenoxy) is 1. The van der Waals surface area contributed by atoms with Gasteiger partial charge in [0.2, 0.25) is 0 Å². The Morgan fingerprint density at radius 1 is 1.47 bits per heavy atom. The molecule has 0 aliphatic rings. The van der Waals surface area contributed by atoms with Crippen molar-refractivity contribution < 1.29 is 9.53 Å². The minimum absolute atomic E-state index is 0.292. The number of pyridine rings is 1. The van der Waals surface area contributed by atoms with Gasteiger partial charge in [-0.2, -0.15) is 0 Å². The minimum atomic E-state index is -0.509. The van der Waals surface area contributed by atoms with Crippen molar-refractivity contribution in [3.05, 3.63) is 40.5 Å². The molecule has 1 aromatic heterocycles. The number of rotatable bonds is 4. The molecule has 0 aliphatic carbocycles. The maximum atomic E-state index is 12.0. The summed E-state index contributed by atoms with van der Waals surface area (Å²) in [5.74, 6) is -0.292. The van der Waals surface area contributed by atoms with Gasteiger partial charge in [0.1, 0.15) is 6.04 Å². The van der Waals surface area contributed by atoms with Gasteiger partial charge in [0, 0.05) is 21.6 Å². The number of aromatic nitrogens is 1. The highest BCUT2D eigenvalue weighted by molar-refractivity contribution is 9.10. The van der Waals surface area contributed by atoms with Crippen molar-refractivity contribution in [3.8, 4) is 0 Å². The molecule has 4 nitrogen and oxygen atoms in total. The third-order valence-corrected chi connectivity index (χ3v) is 3.56. The van der Waals surface area contributed by atoms with Crippen LogP contribution in [0.1, 0.15) is 18.5 Å². The zero-order valence-corrected chi connectivity index (χ0v) is 12.4. The first kappa shape index (κ1) is 14.0. The zero-order valence-electron chi connectivity index (χ0n) is 10.8. The van der Waals surface area contributed by atoms with Crippen LogP contribution in [0.25, 0.3) is 10.9 Å². The van der Waals surface area contributed by atoms with E-state index in [9.17, 15) is 4.79 Å². The highest BCUT2D eigenvalue weighted by Gasteiger charge is 2.23. The number of nitrogens with one attached hydrogen (secondary N) is 1. The van der Waals surface area contributed by atoms with Crippen molar-refractivity contribution in [2.75, 3.05) is 13.7 Å². The quantitative estimate of drug-likeness (QED) is 0.879. The molecular formula is C14H15BrN2O2. The number of hydrogen-bond donors (Lipinski definition) is 1. The average Bonchev–Trinajstić information content (AvgIpc) is 2.43. The Labute approximate surface area is 120 Å². The van der Waals surface area contributed by atoms with Gasteiger partial charge >= 0.3 is 5.97 Å². The van der Waals surface area contributed by atoms with Gasteiger partial charge in [0.05, 0.1) is 12.1 Å². The lowest BCUT2D eigenvalue weighted by molar-refractivity contribution is -0.145. The highest BCUT2D eigenvalue weighted by Crippen LogP contribution is 2.29. The maximum Gasteiger partial charge on any atom is 0.327 e. The first-order valence-corrected chi connectivity index (χ1v) is 6.85. The molecule has 1 unspecified atom stereocenters. The minimum Gasteiger partial charge on any atom is -0.465 e. The van der Waals surface area contributed by atoms with Crippen molar-refractivity contribution in [1.82, 2.24) is 10.3 Å². The Morgan fingerprint density at radius 2 is 2.26 bits per heavy atom. The number of nitrogens with zero attached hydrogens (tertiary/aromatic N) is 1. The topological polar surface area (TPSA) is 51.2 Å². The van der Waals surface area contributed by atoms with Gasteiger partial charge < -0.3 is 10.1 Å². The molecule has 1 heterocycles. The predicted molar refractivity (Wildman–Crippen MR) is 77.9 cm³/mol. The van der Waals surface area contributed by atoms with Crippen molar-refractivity contribution in [1.29, 1.82) is 0 Å². The van der Waals surface area contributed by atoms with E-state index >= 15 is 0 Å². The van der Waals surface area contributed by atoms with E-state index in [0.717, 1.165) is 20.9 Å². The van der Waals surface area contributed by atoms with Crippen LogP contribution in [0.5, 0.6) is 0 Å². The summed E-state index contributed by atoms with van der Waals surface area (Å²) in [5.41, 5.74) is 1.61. The summed E-state index contributed by atoms with van der Waals surface area (Å²) in [6, 6.07) is 7.13. The van der Waals surface area contributed by atoms with Crippen LogP contribution in [0.4, 0.5) is 0 Å². The van der Waals surface area contributed by atoms with Crippen LogP contribution < -0.4 is 5.32 Å². The van der Waals surface area contributed by atoms with Crippen LogP contribution in [-0.2, 0) is 9.53 Å². The highest BCUT2D eigenvalue weighted by atomic mass is 79.9. The Balaban J connectivity index is 2.55. The fourth-order valence-electron chi connectivity index (χ4n) is 2.02. The lowest BCUT2D eigenvalue weighted by Crippen LogP contribution is -2.27. The molecule has 0 spiro atoms. The van der Waals surface area contributed by atoms with Crippen molar-refractivity contribution in [3.63, 3.8) is 0 Å². The van der Waals surface area contributed by atoms with E-state index in [1.807, 2.05) is 24.3 Å². The van der Waals surface area contributed by atoms with Gasteiger partial charge in [0.25, 0.3) is 0 Å². The van der Waals surface area contributed by atoms with E-state index in [1.165, 1.54) is 0 Å². The van der Waals surface area contributed by atoms with Crippen molar-refractivity contribution >= 4 is 32.8 Å². The number of esters is 1. The summed E-state index contributed by atoms with van der Waals surface area (Å²) in [6.07, 6.45) is 1.72. The molecule has 0 saturated heterocycles. The number of likely N-dealkylation sites (N-methyl/N-ethyl adjacent to an activating group) is 1. The lowest BCUT2D eigenvalue weighted by atomic mass is 10.0. The van der Waals surface area contributed by atoms with Crippen LogP contribution in [0.3, 0.4) is 0 Å². The fraction of sp³-hybridized carbons (Fsp3) is 0.286.